The number of carbonyl (C=O) groups is 2. The molecule has 0 fully saturated rings. The Morgan fingerprint density at radius 1 is 0.690 bits per heavy atom. The van der Waals surface area contributed by atoms with E-state index in [0.717, 1.165) is 17.7 Å². The number of likely N-dealkylation sites (N-methyl/N-ethyl adjacent to an activating group) is 1. The summed E-state index contributed by atoms with van der Waals surface area (Å²) >= 11 is 0. The molecular formula is C34H41NO7. The zero-order valence-electron chi connectivity index (χ0n) is 24.5. The molecule has 3 aromatic rings. The van der Waals surface area contributed by atoms with Crippen molar-refractivity contribution >= 4 is 23.0 Å². The summed E-state index contributed by atoms with van der Waals surface area (Å²) in [5.41, 5.74) is 5.99. The molecular weight excluding hydrogens is 534 g/mol. The molecule has 1 amide bonds. The van der Waals surface area contributed by atoms with Crippen LogP contribution in [0.4, 0.5) is 0 Å². The summed E-state index contributed by atoms with van der Waals surface area (Å²) in [5.74, 6) is -0.295. The molecule has 0 aliphatic carbocycles. The average Bonchev–Trinajstić information content (AvgIpc) is 3.01. The molecule has 0 aromatic heterocycles. The van der Waals surface area contributed by atoms with Crippen molar-refractivity contribution < 1.29 is 33.6 Å². The van der Waals surface area contributed by atoms with Crippen LogP contribution in [0.3, 0.4) is 0 Å². The molecule has 42 heavy (non-hydrogen) atoms. The van der Waals surface area contributed by atoms with Gasteiger partial charge < -0.3 is 29.0 Å². The van der Waals surface area contributed by atoms with Crippen LogP contribution in [-0.4, -0.2) is 81.7 Å². The van der Waals surface area contributed by atoms with Gasteiger partial charge in [0, 0.05) is 7.05 Å². The number of amides is 1. The highest BCUT2D eigenvalue weighted by atomic mass is 16.5. The minimum Gasteiger partial charge on any atom is -0.492 e. The standard InChI is InChI=1S/C34H41NO7/c1-3-31(27-10-6-4-7-11-27)34(28-12-8-5-9-13-28)29-14-16-30(17-15-29)42-21-19-35(2)32(36)26-41-25-24-40-23-22-39-20-18-33(37)38/h4-17H,3,18-26H2,1-2H3,(H,37,38)/b34-31-. The molecule has 8 heteroatoms. The van der Waals surface area contributed by atoms with E-state index >= 15 is 0 Å². The van der Waals surface area contributed by atoms with Crippen LogP contribution in [0.1, 0.15) is 36.5 Å². The number of aliphatic carboxylic acids is 1. The summed E-state index contributed by atoms with van der Waals surface area (Å²) in [6, 6.07) is 29.0. The van der Waals surface area contributed by atoms with Gasteiger partial charge in [0.1, 0.15) is 19.0 Å². The lowest BCUT2D eigenvalue weighted by atomic mass is 9.88. The van der Waals surface area contributed by atoms with E-state index in [1.165, 1.54) is 22.3 Å². The first-order valence-electron chi connectivity index (χ1n) is 14.3. The van der Waals surface area contributed by atoms with E-state index in [1.54, 1.807) is 11.9 Å². The van der Waals surface area contributed by atoms with Gasteiger partial charge in [0.05, 0.1) is 46.0 Å². The maximum absolute atomic E-state index is 12.3. The molecule has 0 saturated heterocycles. The van der Waals surface area contributed by atoms with E-state index < -0.39 is 5.97 Å². The molecule has 0 spiro atoms. The van der Waals surface area contributed by atoms with E-state index in [4.69, 9.17) is 24.1 Å². The van der Waals surface area contributed by atoms with Crippen LogP contribution in [-0.2, 0) is 23.8 Å². The minimum atomic E-state index is -0.893. The van der Waals surface area contributed by atoms with E-state index in [1.807, 2.05) is 24.3 Å². The van der Waals surface area contributed by atoms with Gasteiger partial charge >= 0.3 is 5.97 Å². The number of hydrogen-bond donors (Lipinski definition) is 1. The fraction of sp³-hybridized carbons (Fsp3) is 0.353. The first-order valence-corrected chi connectivity index (χ1v) is 14.3. The van der Waals surface area contributed by atoms with Gasteiger partial charge in [0.15, 0.2) is 0 Å². The van der Waals surface area contributed by atoms with Gasteiger partial charge in [-0.05, 0) is 46.4 Å². The number of allylic oxidation sites excluding steroid dienone is 1. The molecule has 8 nitrogen and oxygen atoms in total. The van der Waals surface area contributed by atoms with Crippen LogP contribution in [0.25, 0.3) is 11.1 Å². The molecule has 0 heterocycles. The van der Waals surface area contributed by atoms with Gasteiger partial charge in [0.25, 0.3) is 0 Å². The highest BCUT2D eigenvalue weighted by Crippen LogP contribution is 2.34. The number of carboxylic acids is 1. The number of hydrogen-bond acceptors (Lipinski definition) is 6. The van der Waals surface area contributed by atoms with Crippen molar-refractivity contribution in [2.24, 2.45) is 0 Å². The van der Waals surface area contributed by atoms with Crippen molar-refractivity contribution in [3.63, 3.8) is 0 Å². The molecule has 224 valence electrons. The molecule has 0 aliphatic heterocycles. The van der Waals surface area contributed by atoms with Crippen LogP contribution in [0.5, 0.6) is 5.75 Å². The van der Waals surface area contributed by atoms with Crippen molar-refractivity contribution in [1.82, 2.24) is 4.90 Å². The fourth-order valence-electron chi connectivity index (χ4n) is 4.30. The summed E-state index contributed by atoms with van der Waals surface area (Å²) in [6.07, 6.45) is 0.868. The van der Waals surface area contributed by atoms with Crippen LogP contribution in [0.2, 0.25) is 0 Å². The summed E-state index contributed by atoms with van der Waals surface area (Å²) < 4.78 is 21.8. The van der Waals surface area contributed by atoms with E-state index in [2.05, 4.69) is 67.6 Å². The molecule has 0 aliphatic rings. The lowest BCUT2D eigenvalue weighted by Crippen LogP contribution is -2.34. The van der Waals surface area contributed by atoms with Gasteiger partial charge in [-0.15, -0.1) is 0 Å². The van der Waals surface area contributed by atoms with Crippen molar-refractivity contribution in [3.8, 4) is 5.75 Å². The third-order valence-electron chi connectivity index (χ3n) is 6.53. The van der Waals surface area contributed by atoms with Crippen LogP contribution < -0.4 is 4.74 Å². The number of rotatable bonds is 19. The Morgan fingerprint density at radius 2 is 1.24 bits per heavy atom. The van der Waals surface area contributed by atoms with E-state index in [0.29, 0.717) is 33.0 Å². The smallest absolute Gasteiger partial charge is 0.305 e. The zero-order valence-corrected chi connectivity index (χ0v) is 24.5. The Bertz CT molecular complexity index is 1240. The molecule has 0 unspecified atom stereocenters. The largest absolute Gasteiger partial charge is 0.492 e. The Morgan fingerprint density at radius 3 is 1.83 bits per heavy atom. The first-order chi connectivity index (χ1) is 20.5. The topological polar surface area (TPSA) is 94.5 Å². The quantitative estimate of drug-likeness (QED) is 0.151. The Balaban J connectivity index is 1.44. The summed E-state index contributed by atoms with van der Waals surface area (Å²) in [4.78, 5) is 24.3. The normalized spacial score (nSPS) is 11.6. The molecule has 3 rings (SSSR count). The van der Waals surface area contributed by atoms with Crippen molar-refractivity contribution in [1.29, 1.82) is 0 Å². The SMILES string of the molecule is CC/C(=C(\c1ccccc1)c1ccc(OCCN(C)C(=O)COCCOCCOCCC(=O)O)cc1)c1ccccc1. The number of carbonyl (C=O) groups excluding carboxylic acids is 1. The van der Waals surface area contributed by atoms with Crippen LogP contribution >= 0.6 is 0 Å². The highest BCUT2D eigenvalue weighted by Gasteiger charge is 2.13. The lowest BCUT2D eigenvalue weighted by Gasteiger charge is -2.18. The number of nitrogens with zero attached hydrogens (tertiary/aromatic N) is 1. The third-order valence-corrected chi connectivity index (χ3v) is 6.53. The second-order valence-corrected chi connectivity index (χ2v) is 9.55. The Hall–Kier alpha value is -3.98. The summed E-state index contributed by atoms with van der Waals surface area (Å²) in [7, 11) is 1.72. The van der Waals surface area contributed by atoms with Crippen molar-refractivity contribution in [3.05, 3.63) is 102 Å². The molecule has 0 bridgehead atoms. The van der Waals surface area contributed by atoms with Gasteiger partial charge in [0.2, 0.25) is 5.91 Å². The van der Waals surface area contributed by atoms with Crippen molar-refractivity contribution in [2.45, 2.75) is 19.8 Å². The lowest BCUT2D eigenvalue weighted by molar-refractivity contribution is -0.138. The molecule has 1 N–H and O–H groups in total. The van der Waals surface area contributed by atoms with Crippen molar-refractivity contribution in [2.75, 3.05) is 59.8 Å². The molecule has 0 radical (unpaired) electrons. The Kier molecular flexibility index (Phi) is 14.3. The number of ether oxygens (including phenoxy) is 4. The first kappa shape index (κ1) is 32.5. The molecule has 0 saturated carbocycles. The molecule has 3 aromatic carbocycles. The number of carboxylic acid groups (broad SMARTS) is 1. The zero-order chi connectivity index (χ0) is 30.0. The maximum atomic E-state index is 12.3. The second-order valence-electron chi connectivity index (χ2n) is 9.55. The van der Waals surface area contributed by atoms with E-state index in [-0.39, 0.29) is 32.1 Å². The predicted molar refractivity (Wildman–Crippen MR) is 163 cm³/mol. The Labute approximate surface area is 248 Å². The third kappa shape index (κ3) is 11.1. The summed E-state index contributed by atoms with van der Waals surface area (Å²) in [5, 5.41) is 8.54. The molecule has 0 atom stereocenters. The van der Waals surface area contributed by atoms with Crippen LogP contribution in [0, 0.1) is 0 Å². The van der Waals surface area contributed by atoms with E-state index in [9.17, 15) is 9.59 Å². The average molecular weight is 576 g/mol. The second kappa shape index (κ2) is 18.5. The summed E-state index contributed by atoms with van der Waals surface area (Å²) in [6.45, 7) is 4.35. The predicted octanol–water partition coefficient (Wildman–Crippen LogP) is 5.42. The minimum absolute atomic E-state index is 0.0295. The number of benzene rings is 3. The van der Waals surface area contributed by atoms with Gasteiger partial charge in [-0.25, -0.2) is 0 Å². The van der Waals surface area contributed by atoms with Gasteiger partial charge in [-0.1, -0.05) is 79.7 Å². The van der Waals surface area contributed by atoms with Gasteiger partial charge in [-0.3, -0.25) is 9.59 Å². The fourth-order valence-corrected chi connectivity index (χ4v) is 4.30. The monoisotopic (exact) mass is 575 g/mol. The maximum Gasteiger partial charge on any atom is 0.305 e. The van der Waals surface area contributed by atoms with Crippen LogP contribution in [0.15, 0.2) is 84.9 Å². The highest BCUT2D eigenvalue weighted by molar-refractivity contribution is 5.98. The van der Waals surface area contributed by atoms with Gasteiger partial charge in [-0.2, -0.15) is 0 Å².